The summed E-state index contributed by atoms with van der Waals surface area (Å²) in [7, 11) is 0. The topological polar surface area (TPSA) is 59.4 Å². The van der Waals surface area contributed by atoms with E-state index in [1.165, 1.54) is 11.1 Å². The lowest BCUT2D eigenvalue weighted by Gasteiger charge is -2.37. The Bertz CT molecular complexity index is 834. The minimum absolute atomic E-state index is 0.0650. The molecule has 1 saturated heterocycles. The van der Waals surface area contributed by atoms with Crippen LogP contribution in [-0.4, -0.2) is 47.9 Å². The first-order chi connectivity index (χ1) is 13.1. The molecule has 1 aliphatic rings. The number of hydrogen-bond donors (Lipinski definition) is 1. The van der Waals surface area contributed by atoms with E-state index in [-0.39, 0.29) is 11.9 Å². The Kier molecular flexibility index (Phi) is 6.23. The third-order valence-corrected chi connectivity index (χ3v) is 5.13. The van der Waals surface area contributed by atoms with E-state index in [1.807, 2.05) is 13.0 Å². The van der Waals surface area contributed by atoms with Crippen LogP contribution >= 0.6 is 0 Å². The van der Waals surface area contributed by atoms with Crippen molar-refractivity contribution in [1.82, 2.24) is 9.80 Å². The molecule has 0 radical (unpaired) electrons. The van der Waals surface area contributed by atoms with E-state index in [9.17, 15) is 4.79 Å². The molecule has 0 saturated carbocycles. The minimum atomic E-state index is -0.224. The van der Waals surface area contributed by atoms with Crippen LogP contribution in [0.25, 0.3) is 0 Å². The SMILES string of the molecule is Cc1cccc(CN2CCN([C@H](C)C(=O)Nc3ccccc3C#N)CC2)c1. The zero-order chi connectivity index (χ0) is 19.2. The molecule has 1 atom stereocenters. The number of piperazine rings is 1. The Morgan fingerprint density at radius 2 is 1.89 bits per heavy atom. The summed E-state index contributed by atoms with van der Waals surface area (Å²) in [5.41, 5.74) is 3.69. The maximum Gasteiger partial charge on any atom is 0.241 e. The maximum atomic E-state index is 12.6. The van der Waals surface area contributed by atoms with Gasteiger partial charge < -0.3 is 5.32 Å². The molecule has 0 aromatic heterocycles. The normalized spacial score (nSPS) is 16.5. The largest absolute Gasteiger partial charge is 0.324 e. The molecule has 1 amide bonds. The number of rotatable bonds is 5. The zero-order valence-corrected chi connectivity index (χ0v) is 16.0. The van der Waals surface area contributed by atoms with Crippen molar-refractivity contribution in [1.29, 1.82) is 5.26 Å². The highest BCUT2D eigenvalue weighted by atomic mass is 16.2. The fraction of sp³-hybridized carbons (Fsp3) is 0.364. The standard InChI is InChI=1S/C22H26N4O/c1-17-6-5-7-19(14-17)16-25-10-12-26(13-11-25)18(2)22(27)24-21-9-4-3-8-20(21)15-23/h3-9,14,18H,10-13,16H2,1-2H3,(H,24,27)/t18-/m1/s1. The molecular weight excluding hydrogens is 336 g/mol. The number of nitrogens with zero attached hydrogens (tertiary/aromatic N) is 3. The fourth-order valence-corrected chi connectivity index (χ4v) is 3.47. The van der Waals surface area contributed by atoms with Gasteiger partial charge in [-0.2, -0.15) is 5.26 Å². The molecule has 2 aromatic rings. The van der Waals surface area contributed by atoms with Crippen LogP contribution in [0.1, 0.15) is 23.6 Å². The fourth-order valence-electron chi connectivity index (χ4n) is 3.47. The van der Waals surface area contributed by atoms with Crippen molar-refractivity contribution >= 4 is 11.6 Å². The summed E-state index contributed by atoms with van der Waals surface area (Å²) in [6.45, 7) is 8.61. The third-order valence-electron chi connectivity index (χ3n) is 5.13. The summed E-state index contributed by atoms with van der Waals surface area (Å²) in [5.74, 6) is -0.0650. The minimum Gasteiger partial charge on any atom is -0.324 e. The second kappa shape index (κ2) is 8.81. The second-order valence-corrected chi connectivity index (χ2v) is 7.12. The molecule has 0 unspecified atom stereocenters. The van der Waals surface area contributed by atoms with Crippen molar-refractivity contribution < 1.29 is 4.79 Å². The lowest BCUT2D eigenvalue weighted by Crippen LogP contribution is -2.52. The average Bonchev–Trinajstić information content (AvgIpc) is 2.68. The van der Waals surface area contributed by atoms with Crippen LogP contribution in [0.3, 0.4) is 0 Å². The van der Waals surface area contributed by atoms with Gasteiger partial charge in [0.15, 0.2) is 0 Å². The second-order valence-electron chi connectivity index (χ2n) is 7.12. The molecule has 1 fully saturated rings. The van der Waals surface area contributed by atoms with E-state index < -0.39 is 0 Å². The molecule has 3 rings (SSSR count). The summed E-state index contributed by atoms with van der Waals surface area (Å²) in [4.78, 5) is 17.3. The van der Waals surface area contributed by atoms with E-state index >= 15 is 0 Å². The van der Waals surface area contributed by atoms with Crippen molar-refractivity contribution in [2.45, 2.75) is 26.4 Å². The van der Waals surface area contributed by atoms with E-state index in [2.05, 4.69) is 52.4 Å². The Hall–Kier alpha value is -2.68. The lowest BCUT2D eigenvalue weighted by molar-refractivity contribution is -0.121. The molecule has 5 nitrogen and oxygen atoms in total. The molecule has 0 bridgehead atoms. The monoisotopic (exact) mass is 362 g/mol. The van der Waals surface area contributed by atoms with Gasteiger partial charge >= 0.3 is 0 Å². The van der Waals surface area contributed by atoms with E-state index in [0.29, 0.717) is 11.3 Å². The van der Waals surface area contributed by atoms with Crippen LogP contribution in [0.4, 0.5) is 5.69 Å². The van der Waals surface area contributed by atoms with Gasteiger partial charge in [-0.25, -0.2) is 0 Å². The molecule has 0 spiro atoms. The third kappa shape index (κ3) is 4.94. The van der Waals surface area contributed by atoms with Crippen LogP contribution in [0.2, 0.25) is 0 Å². The van der Waals surface area contributed by atoms with Crippen molar-refractivity contribution in [3.05, 3.63) is 65.2 Å². The molecule has 5 heteroatoms. The number of hydrogen-bond acceptors (Lipinski definition) is 4. The van der Waals surface area contributed by atoms with Crippen molar-refractivity contribution in [2.75, 3.05) is 31.5 Å². The number of aryl methyl sites for hydroxylation is 1. The van der Waals surface area contributed by atoms with Crippen molar-refractivity contribution in [3.8, 4) is 6.07 Å². The highest BCUT2D eigenvalue weighted by Gasteiger charge is 2.26. The van der Waals surface area contributed by atoms with Gasteiger partial charge in [0.1, 0.15) is 6.07 Å². The molecule has 140 valence electrons. The predicted octanol–water partition coefficient (Wildman–Crippen LogP) is 3.01. The first-order valence-corrected chi connectivity index (χ1v) is 9.39. The van der Waals surface area contributed by atoms with Crippen LogP contribution in [-0.2, 0) is 11.3 Å². The van der Waals surface area contributed by atoms with Gasteiger partial charge in [0.05, 0.1) is 17.3 Å². The summed E-state index contributed by atoms with van der Waals surface area (Å²) in [6.07, 6.45) is 0. The van der Waals surface area contributed by atoms with Crippen molar-refractivity contribution in [3.63, 3.8) is 0 Å². The van der Waals surface area contributed by atoms with Gasteiger partial charge in [-0.15, -0.1) is 0 Å². The number of carbonyl (C=O) groups is 1. The van der Waals surface area contributed by atoms with Gasteiger partial charge in [0, 0.05) is 32.7 Å². The van der Waals surface area contributed by atoms with Crippen LogP contribution in [0.5, 0.6) is 0 Å². The summed E-state index contributed by atoms with van der Waals surface area (Å²) in [6, 6.07) is 17.6. The zero-order valence-electron chi connectivity index (χ0n) is 16.0. The Balaban J connectivity index is 1.52. The molecule has 1 N–H and O–H groups in total. The maximum absolute atomic E-state index is 12.6. The van der Waals surface area contributed by atoms with Gasteiger partial charge in [-0.3, -0.25) is 14.6 Å². The molecule has 1 heterocycles. The highest BCUT2D eigenvalue weighted by Crippen LogP contribution is 2.16. The number of benzene rings is 2. The first-order valence-electron chi connectivity index (χ1n) is 9.39. The number of carbonyl (C=O) groups excluding carboxylic acids is 1. The first kappa shape index (κ1) is 19.1. The van der Waals surface area contributed by atoms with Crippen LogP contribution in [0.15, 0.2) is 48.5 Å². The molecule has 27 heavy (non-hydrogen) atoms. The van der Waals surface area contributed by atoms with Gasteiger partial charge in [-0.05, 0) is 31.5 Å². The summed E-state index contributed by atoms with van der Waals surface area (Å²) >= 11 is 0. The Morgan fingerprint density at radius 1 is 1.15 bits per heavy atom. The van der Waals surface area contributed by atoms with Crippen LogP contribution < -0.4 is 5.32 Å². The van der Waals surface area contributed by atoms with E-state index in [0.717, 1.165) is 32.7 Å². The summed E-state index contributed by atoms with van der Waals surface area (Å²) < 4.78 is 0. The molecule has 0 aliphatic carbocycles. The van der Waals surface area contributed by atoms with Crippen molar-refractivity contribution in [2.24, 2.45) is 0 Å². The number of nitriles is 1. The van der Waals surface area contributed by atoms with E-state index in [1.54, 1.807) is 18.2 Å². The quantitative estimate of drug-likeness (QED) is 0.888. The Labute approximate surface area is 161 Å². The van der Waals surface area contributed by atoms with Gasteiger partial charge in [0.25, 0.3) is 0 Å². The molecule has 1 aliphatic heterocycles. The summed E-state index contributed by atoms with van der Waals surface area (Å²) in [5, 5.41) is 12.1. The number of amides is 1. The number of nitrogens with one attached hydrogen (secondary N) is 1. The van der Waals surface area contributed by atoms with Gasteiger partial charge in [0.2, 0.25) is 5.91 Å². The number of anilines is 1. The Morgan fingerprint density at radius 3 is 2.59 bits per heavy atom. The molecular formula is C22H26N4O. The van der Waals surface area contributed by atoms with Crippen LogP contribution in [0, 0.1) is 18.3 Å². The predicted molar refractivity (Wildman–Crippen MR) is 107 cm³/mol. The van der Waals surface area contributed by atoms with E-state index in [4.69, 9.17) is 5.26 Å². The smallest absolute Gasteiger partial charge is 0.241 e. The number of para-hydroxylation sites is 1. The highest BCUT2D eigenvalue weighted by molar-refractivity contribution is 5.95. The van der Waals surface area contributed by atoms with Gasteiger partial charge in [-0.1, -0.05) is 42.0 Å². The lowest BCUT2D eigenvalue weighted by atomic mass is 10.1. The average molecular weight is 362 g/mol. The molecule has 2 aromatic carbocycles.